The van der Waals surface area contributed by atoms with Gasteiger partial charge < -0.3 is 14.4 Å². The Balaban J connectivity index is 1.37. The zero-order valence-electron chi connectivity index (χ0n) is 17.3. The van der Waals surface area contributed by atoms with Crippen LogP contribution in [0.3, 0.4) is 0 Å². The number of likely N-dealkylation sites (tertiary alicyclic amines) is 1. The predicted octanol–water partition coefficient (Wildman–Crippen LogP) is 2.71. The number of piperidine rings is 1. The largest absolute Gasteiger partial charge is 0.338 e. The molecule has 158 valence electrons. The number of amides is 1. The van der Waals surface area contributed by atoms with E-state index in [9.17, 15) is 9.59 Å². The summed E-state index contributed by atoms with van der Waals surface area (Å²) in [5, 5.41) is 8.54. The molecule has 0 aliphatic carbocycles. The molecule has 5 rings (SSSR count). The van der Waals surface area contributed by atoms with Gasteiger partial charge in [0.25, 0.3) is 17.4 Å². The van der Waals surface area contributed by atoms with Crippen molar-refractivity contribution in [2.75, 3.05) is 13.1 Å². The monoisotopic (exact) mass is 418 g/mol. The predicted molar refractivity (Wildman–Crippen MR) is 113 cm³/mol. The van der Waals surface area contributed by atoms with Gasteiger partial charge in [0.15, 0.2) is 11.5 Å². The van der Waals surface area contributed by atoms with E-state index in [2.05, 4.69) is 20.2 Å². The van der Waals surface area contributed by atoms with Crippen LogP contribution in [0.15, 0.2) is 45.8 Å². The molecule has 1 N–H and O–H groups in total. The van der Waals surface area contributed by atoms with Crippen molar-refractivity contribution in [1.29, 1.82) is 0 Å². The lowest BCUT2D eigenvalue weighted by Crippen LogP contribution is -2.39. The zero-order valence-corrected chi connectivity index (χ0v) is 17.3. The first-order valence-corrected chi connectivity index (χ1v) is 10.3. The Kier molecular flexibility index (Phi) is 4.65. The quantitative estimate of drug-likeness (QED) is 0.548. The molecule has 9 nitrogen and oxygen atoms in total. The number of benzene rings is 1. The van der Waals surface area contributed by atoms with Crippen molar-refractivity contribution in [3.05, 3.63) is 69.5 Å². The summed E-state index contributed by atoms with van der Waals surface area (Å²) in [6, 6.07) is 9.26. The Labute approximate surface area is 177 Å². The van der Waals surface area contributed by atoms with E-state index in [4.69, 9.17) is 4.52 Å². The molecule has 1 amide bonds. The fourth-order valence-corrected chi connectivity index (χ4v) is 4.06. The number of aromatic amines is 1. The molecule has 9 heteroatoms. The van der Waals surface area contributed by atoms with Crippen LogP contribution < -0.4 is 5.56 Å². The molecule has 0 bridgehead atoms. The van der Waals surface area contributed by atoms with E-state index < -0.39 is 0 Å². The Morgan fingerprint density at radius 1 is 1.26 bits per heavy atom. The Morgan fingerprint density at radius 3 is 2.97 bits per heavy atom. The average Bonchev–Trinajstić information content (AvgIpc) is 3.41. The number of hydrogen-bond acceptors (Lipinski definition) is 6. The Bertz CT molecular complexity index is 1330. The van der Waals surface area contributed by atoms with Crippen LogP contribution in [0.25, 0.3) is 17.1 Å². The molecule has 3 aromatic heterocycles. The van der Waals surface area contributed by atoms with E-state index in [1.165, 1.54) is 4.52 Å². The maximum atomic E-state index is 12.9. The van der Waals surface area contributed by atoms with Crippen molar-refractivity contribution in [2.45, 2.75) is 32.6 Å². The van der Waals surface area contributed by atoms with Crippen LogP contribution in [0.4, 0.5) is 0 Å². The van der Waals surface area contributed by atoms with Crippen LogP contribution in [0.5, 0.6) is 0 Å². The van der Waals surface area contributed by atoms with Crippen molar-refractivity contribution >= 4 is 11.4 Å². The maximum absolute atomic E-state index is 12.9. The maximum Gasteiger partial charge on any atom is 0.278 e. The number of H-pyrrole nitrogens is 1. The standard InChI is InChI=1S/C22H22N6O3/c1-13-5-3-6-15(9-13)22(30)27-8-4-7-16(12-27)19-24-21(31-26-19)17-10-18-20(29)23-14(2)11-28(18)25-17/h3,5-6,9-11,16H,4,7-8,12H2,1-2H3,(H,23,29)/t16-/m0/s1. The normalized spacial score (nSPS) is 16.7. The van der Waals surface area contributed by atoms with E-state index in [-0.39, 0.29) is 23.3 Å². The third kappa shape index (κ3) is 3.63. The molecule has 0 spiro atoms. The van der Waals surface area contributed by atoms with Gasteiger partial charge in [-0.25, -0.2) is 4.52 Å². The minimum absolute atomic E-state index is 0.0114. The summed E-state index contributed by atoms with van der Waals surface area (Å²) in [6.45, 7) is 5.02. The molecule has 31 heavy (non-hydrogen) atoms. The smallest absolute Gasteiger partial charge is 0.278 e. The highest BCUT2D eigenvalue weighted by molar-refractivity contribution is 5.94. The highest BCUT2D eigenvalue weighted by Gasteiger charge is 2.29. The molecule has 0 saturated carbocycles. The van der Waals surface area contributed by atoms with Gasteiger partial charge in [-0.1, -0.05) is 22.9 Å². The van der Waals surface area contributed by atoms with Gasteiger partial charge in [-0.05, 0) is 38.8 Å². The van der Waals surface area contributed by atoms with Crippen LogP contribution >= 0.6 is 0 Å². The fraction of sp³-hybridized carbons (Fsp3) is 0.318. The lowest BCUT2D eigenvalue weighted by molar-refractivity contribution is 0.0703. The SMILES string of the molecule is Cc1cccc(C(=O)N2CCC[C@H](c3noc(-c4cc5c(=O)[nH]c(C)cn5n4)n3)C2)c1. The van der Waals surface area contributed by atoms with Gasteiger partial charge in [-0.2, -0.15) is 10.1 Å². The molecule has 0 unspecified atom stereocenters. The molecule has 4 aromatic rings. The van der Waals surface area contributed by atoms with Gasteiger partial charge in [-0.3, -0.25) is 9.59 Å². The van der Waals surface area contributed by atoms with Crippen molar-refractivity contribution in [3.8, 4) is 11.6 Å². The van der Waals surface area contributed by atoms with Gasteiger partial charge in [-0.15, -0.1) is 0 Å². The summed E-state index contributed by atoms with van der Waals surface area (Å²) in [5.74, 6) is 0.825. The molecule has 1 aromatic carbocycles. The highest BCUT2D eigenvalue weighted by atomic mass is 16.5. The number of nitrogens with zero attached hydrogens (tertiary/aromatic N) is 5. The number of hydrogen-bond donors (Lipinski definition) is 1. The second-order valence-electron chi connectivity index (χ2n) is 8.04. The zero-order chi connectivity index (χ0) is 21.5. The number of nitrogens with one attached hydrogen (secondary N) is 1. The second kappa shape index (κ2) is 7.50. The van der Waals surface area contributed by atoms with E-state index in [0.29, 0.717) is 41.4 Å². The molecule has 1 atom stereocenters. The van der Waals surface area contributed by atoms with E-state index >= 15 is 0 Å². The molecule has 4 heterocycles. The third-order valence-electron chi connectivity index (χ3n) is 5.59. The Morgan fingerprint density at radius 2 is 2.13 bits per heavy atom. The first-order chi connectivity index (χ1) is 15.0. The number of aryl methyl sites for hydroxylation is 2. The summed E-state index contributed by atoms with van der Waals surface area (Å²) in [7, 11) is 0. The van der Waals surface area contributed by atoms with E-state index in [0.717, 1.165) is 18.4 Å². The van der Waals surface area contributed by atoms with Gasteiger partial charge in [0.05, 0.1) is 0 Å². The number of carbonyl (C=O) groups excluding carboxylic acids is 1. The summed E-state index contributed by atoms with van der Waals surface area (Å²) < 4.78 is 6.96. The number of carbonyl (C=O) groups is 1. The van der Waals surface area contributed by atoms with Crippen molar-refractivity contribution in [2.24, 2.45) is 0 Å². The summed E-state index contributed by atoms with van der Waals surface area (Å²) in [6.07, 6.45) is 3.48. The minimum atomic E-state index is -0.226. The van der Waals surface area contributed by atoms with Crippen LogP contribution in [0, 0.1) is 13.8 Å². The van der Waals surface area contributed by atoms with Gasteiger partial charge in [0.2, 0.25) is 0 Å². The van der Waals surface area contributed by atoms with E-state index in [1.807, 2.05) is 36.1 Å². The fourth-order valence-electron chi connectivity index (χ4n) is 4.06. The molecule has 0 radical (unpaired) electrons. The highest BCUT2D eigenvalue weighted by Crippen LogP contribution is 2.28. The molecular weight excluding hydrogens is 396 g/mol. The summed E-state index contributed by atoms with van der Waals surface area (Å²) in [4.78, 5) is 34.2. The van der Waals surface area contributed by atoms with Crippen molar-refractivity contribution in [1.82, 2.24) is 29.6 Å². The van der Waals surface area contributed by atoms with Crippen LogP contribution in [-0.4, -0.2) is 48.6 Å². The Hall–Kier alpha value is -3.75. The third-order valence-corrected chi connectivity index (χ3v) is 5.59. The summed E-state index contributed by atoms with van der Waals surface area (Å²) >= 11 is 0. The van der Waals surface area contributed by atoms with Crippen LogP contribution in [0.1, 0.15) is 46.2 Å². The van der Waals surface area contributed by atoms with Crippen LogP contribution in [-0.2, 0) is 0 Å². The minimum Gasteiger partial charge on any atom is -0.338 e. The molecular formula is C22H22N6O3. The first kappa shape index (κ1) is 19.2. The molecule has 1 saturated heterocycles. The second-order valence-corrected chi connectivity index (χ2v) is 8.04. The lowest BCUT2D eigenvalue weighted by atomic mass is 9.96. The van der Waals surface area contributed by atoms with Crippen molar-refractivity contribution in [3.63, 3.8) is 0 Å². The number of aromatic nitrogens is 5. The molecule has 1 fully saturated rings. The average molecular weight is 418 g/mol. The number of rotatable bonds is 3. The van der Waals surface area contributed by atoms with E-state index in [1.54, 1.807) is 19.2 Å². The van der Waals surface area contributed by atoms with Crippen LogP contribution in [0.2, 0.25) is 0 Å². The van der Waals surface area contributed by atoms with Gasteiger partial charge in [0, 0.05) is 42.5 Å². The topological polar surface area (TPSA) is 109 Å². The lowest BCUT2D eigenvalue weighted by Gasteiger charge is -2.31. The van der Waals surface area contributed by atoms with Gasteiger partial charge in [0.1, 0.15) is 5.52 Å². The first-order valence-electron chi connectivity index (χ1n) is 10.3. The molecule has 1 aliphatic rings. The number of fused-ring (bicyclic) bond motifs is 1. The van der Waals surface area contributed by atoms with Crippen molar-refractivity contribution < 1.29 is 9.32 Å². The summed E-state index contributed by atoms with van der Waals surface area (Å²) in [5.41, 5.74) is 3.09. The van der Waals surface area contributed by atoms with Gasteiger partial charge >= 0.3 is 0 Å². The molecule has 1 aliphatic heterocycles.